The van der Waals surface area contributed by atoms with Crippen LogP contribution in [-0.4, -0.2) is 25.5 Å². The van der Waals surface area contributed by atoms with Crippen molar-refractivity contribution in [1.29, 1.82) is 0 Å². The van der Waals surface area contributed by atoms with Crippen molar-refractivity contribution in [1.82, 2.24) is 19.6 Å². The van der Waals surface area contributed by atoms with Crippen LogP contribution in [-0.2, 0) is 18.4 Å². The largest absolute Gasteiger partial charge is 0.307 e. The molecule has 0 fully saturated rings. The van der Waals surface area contributed by atoms with Gasteiger partial charge in [0.05, 0.1) is 17.9 Å². The van der Waals surface area contributed by atoms with E-state index in [2.05, 4.69) is 22.5 Å². The van der Waals surface area contributed by atoms with Gasteiger partial charge in [-0.3, -0.25) is 14.2 Å². The molecule has 1 amide bonds. The van der Waals surface area contributed by atoms with Crippen molar-refractivity contribution in [2.45, 2.75) is 20.4 Å². The van der Waals surface area contributed by atoms with E-state index in [-0.39, 0.29) is 5.91 Å². The Morgan fingerprint density at radius 1 is 1.00 bits per heavy atom. The van der Waals surface area contributed by atoms with Crippen LogP contribution in [0.4, 0.5) is 5.82 Å². The maximum atomic E-state index is 12.6. The first-order valence-corrected chi connectivity index (χ1v) is 10.2. The fraction of sp³-hybridized carbons (Fsp3) is 0.160. The molecule has 156 valence electrons. The number of hydrogen-bond acceptors (Lipinski definition) is 3. The van der Waals surface area contributed by atoms with Crippen molar-refractivity contribution in [3.63, 3.8) is 0 Å². The summed E-state index contributed by atoms with van der Waals surface area (Å²) in [7, 11) is 1.82. The molecular formula is C25H25N5O. The fourth-order valence-corrected chi connectivity index (χ4v) is 3.49. The molecule has 0 aliphatic heterocycles. The van der Waals surface area contributed by atoms with Crippen LogP contribution in [0.1, 0.15) is 22.4 Å². The van der Waals surface area contributed by atoms with Crippen LogP contribution in [0.15, 0.2) is 72.9 Å². The molecule has 0 aliphatic carbocycles. The van der Waals surface area contributed by atoms with E-state index in [1.807, 2.05) is 86.4 Å². The highest BCUT2D eigenvalue weighted by molar-refractivity contribution is 6.02. The Kier molecular flexibility index (Phi) is 5.80. The van der Waals surface area contributed by atoms with Crippen LogP contribution in [0.25, 0.3) is 17.3 Å². The number of amides is 1. The molecule has 0 unspecified atom stereocenters. The van der Waals surface area contributed by atoms with Gasteiger partial charge in [-0.1, -0.05) is 60.7 Å². The Bertz CT molecular complexity index is 1220. The molecular weight excluding hydrogens is 386 g/mol. The van der Waals surface area contributed by atoms with Crippen molar-refractivity contribution in [3.05, 3.63) is 95.3 Å². The maximum absolute atomic E-state index is 12.6. The molecule has 0 saturated heterocycles. The Balaban J connectivity index is 1.60. The molecule has 31 heavy (non-hydrogen) atoms. The third-order valence-corrected chi connectivity index (χ3v) is 5.20. The lowest BCUT2D eigenvalue weighted by Gasteiger charge is -2.04. The molecule has 6 heteroatoms. The molecule has 2 heterocycles. The van der Waals surface area contributed by atoms with Gasteiger partial charge in [-0.15, -0.1) is 0 Å². The molecule has 0 atom stereocenters. The zero-order chi connectivity index (χ0) is 21.8. The highest BCUT2D eigenvalue weighted by Gasteiger charge is 2.12. The van der Waals surface area contributed by atoms with Crippen LogP contribution >= 0.6 is 0 Å². The molecule has 0 aliphatic rings. The Morgan fingerprint density at radius 3 is 2.32 bits per heavy atom. The minimum absolute atomic E-state index is 0.207. The normalized spacial score (nSPS) is 11.2. The van der Waals surface area contributed by atoms with Gasteiger partial charge < -0.3 is 5.32 Å². The van der Waals surface area contributed by atoms with E-state index in [1.54, 1.807) is 4.68 Å². The second-order valence-corrected chi connectivity index (χ2v) is 7.49. The summed E-state index contributed by atoms with van der Waals surface area (Å²) >= 11 is 0. The minimum atomic E-state index is -0.207. The topological polar surface area (TPSA) is 64.7 Å². The lowest BCUT2D eigenvalue weighted by molar-refractivity contribution is -0.111. The lowest BCUT2D eigenvalue weighted by Crippen LogP contribution is -2.12. The second-order valence-electron chi connectivity index (χ2n) is 7.49. The number of nitrogens with one attached hydrogen (secondary N) is 1. The number of hydrogen-bond donors (Lipinski definition) is 1. The van der Waals surface area contributed by atoms with Crippen LogP contribution in [0, 0.1) is 13.8 Å². The van der Waals surface area contributed by atoms with Gasteiger partial charge in [-0.05, 0) is 25.5 Å². The van der Waals surface area contributed by atoms with E-state index in [4.69, 9.17) is 5.10 Å². The third kappa shape index (κ3) is 4.64. The molecule has 0 bridgehead atoms. The van der Waals surface area contributed by atoms with Crippen molar-refractivity contribution in [2.75, 3.05) is 5.32 Å². The summed E-state index contributed by atoms with van der Waals surface area (Å²) in [6.07, 6.45) is 5.32. The van der Waals surface area contributed by atoms with Crippen molar-refractivity contribution < 1.29 is 4.79 Å². The first-order valence-electron chi connectivity index (χ1n) is 10.2. The van der Waals surface area contributed by atoms with E-state index in [0.717, 1.165) is 28.1 Å². The Hall–Kier alpha value is -3.93. The Morgan fingerprint density at radius 2 is 1.68 bits per heavy atom. The first-order chi connectivity index (χ1) is 15.0. The summed E-state index contributed by atoms with van der Waals surface area (Å²) < 4.78 is 3.59. The molecule has 0 spiro atoms. The Labute approximate surface area is 181 Å². The molecule has 1 N–H and O–H groups in total. The predicted molar refractivity (Wildman–Crippen MR) is 124 cm³/mol. The van der Waals surface area contributed by atoms with Gasteiger partial charge in [0, 0.05) is 36.0 Å². The highest BCUT2D eigenvalue weighted by atomic mass is 16.1. The number of benzene rings is 2. The van der Waals surface area contributed by atoms with Gasteiger partial charge in [0.1, 0.15) is 5.82 Å². The van der Waals surface area contributed by atoms with Crippen molar-refractivity contribution in [3.8, 4) is 11.3 Å². The van der Waals surface area contributed by atoms with E-state index in [9.17, 15) is 4.79 Å². The van der Waals surface area contributed by atoms with Crippen LogP contribution in [0.5, 0.6) is 0 Å². The summed E-state index contributed by atoms with van der Waals surface area (Å²) in [5, 5.41) is 12.1. The predicted octanol–water partition coefficient (Wildman–Crippen LogP) is 4.60. The summed E-state index contributed by atoms with van der Waals surface area (Å²) in [4.78, 5) is 12.6. The number of carbonyl (C=O) groups excluding carboxylic acids is 1. The standard InChI is InChI=1S/C25H25N5O/c1-18-19(2)27-29(3)25(18)26-23(31)15-14-22-17-30(16-20-10-6-4-7-11-20)28-24(22)21-12-8-5-9-13-21/h4-15,17H,16H2,1-3H3,(H,26,31). The summed E-state index contributed by atoms with van der Waals surface area (Å²) in [6.45, 7) is 4.53. The van der Waals surface area contributed by atoms with Gasteiger partial charge in [0.15, 0.2) is 0 Å². The number of nitrogens with zero attached hydrogens (tertiary/aromatic N) is 4. The van der Waals surface area contributed by atoms with E-state index in [1.165, 1.54) is 11.6 Å². The minimum Gasteiger partial charge on any atom is -0.307 e. The number of carbonyl (C=O) groups is 1. The number of aromatic nitrogens is 4. The third-order valence-electron chi connectivity index (χ3n) is 5.20. The average Bonchev–Trinajstić information content (AvgIpc) is 3.29. The SMILES string of the molecule is Cc1nn(C)c(NC(=O)C=Cc2cn(Cc3ccccc3)nc2-c2ccccc2)c1C. The van der Waals surface area contributed by atoms with E-state index >= 15 is 0 Å². The van der Waals surface area contributed by atoms with Crippen molar-refractivity contribution in [2.24, 2.45) is 7.05 Å². The van der Waals surface area contributed by atoms with E-state index in [0.29, 0.717) is 12.4 Å². The summed E-state index contributed by atoms with van der Waals surface area (Å²) in [5.41, 5.74) is 5.76. The van der Waals surface area contributed by atoms with Crippen LogP contribution < -0.4 is 5.32 Å². The molecule has 2 aromatic heterocycles. The summed E-state index contributed by atoms with van der Waals surface area (Å²) in [5.74, 6) is 0.496. The van der Waals surface area contributed by atoms with Crippen LogP contribution in [0.3, 0.4) is 0 Å². The van der Waals surface area contributed by atoms with Gasteiger partial charge in [0.25, 0.3) is 0 Å². The smallest absolute Gasteiger partial charge is 0.249 e. The van der Waals surface area contributed by atoms with E-state index < -0.39 is 0 Å². The summed E-state index contributed by atoms with van der Waals surface area (Å²) in [6, 6.07) is 20.2. The molecule has 4 rings (SSSR count). The number of aryl methyl sites for hydroxylation is 2. The van der Waals surface area contributed by atoms with Crippen LogP contribution in [0.2, 0.25) is 0 Å². The lowest BCUT2D eigenvalue weighted by atomic mass is 10.1. The second kappa shape index (κ2) is 8.83. The molecule has 4 aromatic rings. The zero-order valence-corrected chi connectivity index (χ0v) is 17.9. The highest BCUT2D eigenvalue weighted by Crippen LogP contribution is 2.24. The van der Waals surface area contributed by atoms with Gasteiger partial charge in [-0.25, -0.2) is 0 Å². The van der Waals surface area contributed by atoms with Gasteiger partial charge in [-0.2, -0.15) is 10.2 Å². The van der Waals surface area contributed by atoms with Gasteiger partial charge >= 0.3 is 0 Å². The molecule has 2 aromatic carbocycles. The quantitative estimate of drug-likeness (QED) is 0.472. The number of anilines is 1. The molecule has 0 saturated carbocycles. The molecule has 0 radical (unpaired) electrons. The maximum Gasteiger partial charge on any atom is 0.249 e. The van der Waals surface area contributed by atoms with Crippen molar-refractivity contribution >= 4 is 17.8 Å². The average molecular weight is 412 g/mol. The fourth-order valence-electron chi connectivity index (χ4n) is 3.49. The number of rotatable bonds is 6. The van der Waals surface area contributed by atoms with Gasteiger partial charge in [0.2, 0.25) is 5.91 Å². The monoisotopic (exact) mass is 411 g/mol. The zero-order valence-electron chi connectivity index (χ0n) is 17.9. The molecule has 6 nitrogen and oxygen atoms in total. The first kappa shape index (κ1) is 20.3.